The highest BCUT2D eigenvalue weighted by molar-refractivity contribution is 5.92. The molecule has 1 N–H and O–H groups in total. The van der Waals surface area contributed by atoms with Crippen molar-refractivity contribution in [2.45, 2.75) is 39.2 Å². The van der Waals surface area contributed by atoms with Crippen LogP contribution in [-0.4, -0.2) is 40.0 Å². The molecule has 0 aliphatic carbocycles. The first-order chi connectivity index (χ1) is 14.1. The fraction of sp³-hybridized carbons (Fsp3) is 0.417. The summed E-state index contributed by atoms with van der Waals surface area (Å²) in [6.07, 6.45) is 4.18. The van der Waals surface area contributed by atoms with Crippen LogP contribution >= 0.6 is 0 Å². The Hall–Kier alpha value is -2.66. The first-order valence-electron chi connectivity index (χ1n) is 10.6. The Morgan fingerprint density at radius 2 is 1.83 bits per heavy atom. The van der Waals surface area contributed by atoms with E-state index in [1.165, 1.54) is 11.1 Å². The Balaban J connectivity index is 1.24. The minimum Gasteiger partial charge on any atom is -0.330 e. The standard InChI is InChI=1S/C24H30N4O/c1-18(2)20-7-9-21(10-8-20)26-24(29)16-27-13-11-19(12-14-27)15-28-17-25-22-5-3-4-6-23(22)28/h3-10,17-19H,11-16H2,1-2H3,(H,26,29). The number of nitrogens with one attached hydrogen (secondary N) is 1. The van der Waals surface area contributed by atoms with Gasteiger partial charge in [0.15, 0.2) is 0 Å². The number of fused-ring (bicyclic) bond motifs is 1. The normalized spacial score (nSPS) is 15.8. The number of likely N-dealkylation sites (tertiary alicyclic amines) is 1. The average molecular weight is 391 g/mol. The Labute approximate surface area is 172 Å². The Morgan fingerprint density at radius 1 is 1.10 bits per heavy atom. The van der Waals surface area contributed by atoms with Crippen LogP contribution < -0.4 is 5.32 Å². The van der Waals surface area contributed by atoms with Gasteiger partial charge >= 0.3 is 0 Å². The van der Waals surface area contributed by atoms with Gasteiger partial charge in [0.2, 0.25) is 5.91 Å². The Bertz CT molecular complexity index is 952. The van der Waals surface area contributed by atoms with Crippen LogP contribution in [0.1, 0.15) is 38.2 Å². The van der Waals surface area contributed by atoms with Crippen LogP contribution in [0.25, 0.3) is 11.0 Å². The van der Waals surface area contributed by atoms with E-state index >= 15 is 0 Å². The van der Waals surface area contributed by atoms with E-state index in [4.69, 9.17) is 0 Å². The van der Waals surface area contributed by atoms with Gasteiger partial charge in [-0.3, -0.25) is 9.69 Å². The summed E-state index contributed by atoms with van der Waals surface area (Å²) in [5.74, 6) is 1.21. The van der Waals surface area contributed by atoms with Crippen molar-refractivity contribution in [3.63, 3.8) is 0 Å². The molecule has 5 nitrogen and oxygen atoms in total. The molecule has 29 heavy (non-hydrogen) atoms. The molecule has 0 atom stereocenters. The summed E-state index contributed by atoms with van der Waals surface area (Å²) in [5, 5.41) is 3.03. The average Bonchev–Trinajstić information content (AvgIpc) is 3.13. The Kier molecular flexibility index (Phi) is 5.95. The van der Waals surface area contributed by atoms with Gasteiger partial charge in [-0.2, -0.15) is 0 Å². The third-order valence-corrected chi connectivity index (χ3v) is 5.92. The van der Waals surface area contributed by atoms with E-state index in [2.05, 4.69) is 63.9 Å². The van der Waals surface area contributed by atoms with Crippen LogP contribution in [0.4, 0.5) is 5.69 Å². The first-order valence-corrected chi connectivity index (χ1v) is 10.6. The van der Waals surface area contributed by atoms with Crippen molar-refractivity contribution in [1.29, 1.82) is 0 Å². The van der Waals surface area contributed by atoms with E-state index in [-0.39, 0.29) is 5.91 Å². The lowest BCUT2D eigenvalue weighted by atomic mass is 9.96. The fourth-order valence-corrected chi connectivity index (χ4v) is 4.12. The van der Waals surface area contributed by atoms with Crippen LogP contribution in [0.2, 0.25) is 0 Å². The molecule has 1 aliphatic heterocycles. The Morgan fingerprint density at radius 3 is 2.55 bits per heavy atom. The fourth-order valence-electron chi connectivity index (χ4n) is 4.12. The van der Waals surface area contributed by atoms with Gasteiger partial charge in [-0.15, -0.1) is 0 Å². The predicted octanol–water partition coefficient (Wildman–Crippen LogP) is 4.51. The molecule has 0 bridgehead atoms. The SMILES string of the molecule is CC(C)c1ccc(NC(=O)CN2CCC(Cn3cnc4ccccc43)CC2)cc1. The molecule has 3 aromatic rings. The molecule has 1 saturated heterocycles. The van der Waals surface area contributed by atoms with Crippen molar-refractivity contribution in [3.05, 3.63) is 60.4 Å². The second-order valence-electron chi connectivity index (χ2n) is 8.43. The van der Waals surface area contributed by atoms with Crippen molar-refractivity contribution in [3.8, 4) is 0 Å². The number of rotatable bonds is 6. The van der Waals surface area contributed by atoms with Crippen LogP contribution in [-0.2, 0) is 11.3 Å². The molecule has 4 rings (SSSR count). The lowest BCUT2D eigenvalue weighted by molar-refractivity contribution is -0.117. The van der Waals surface area contributed by atoms with Crippen molar-refractivity contribution >= 4 is 22.6 Å². The third-order valence-electron chi connectivity index (χ3n) is 5.92. The van der Waals surface area contributed by atoms with Crippen molar-refractivity contribution < 1.29 is 4.79 Å². The van der Waals surface area contributed by atoms with Crippen LogP contribution in [0.15, 0.2) is 54.9 Å². The molecule has 0 unspecified atom stereocenters. The van der Waals surface area contributed by atoms with E-state index in [9.17, 15) is 4.79 Å². The zero-order valence-electron chi connectivity index (χ0n) is 17.3. The minimum absolute atomic E-state index is 0.0707. The van der Waals surface area contributed by atoms with E-state index < -0.39 is 0 Å². The number of para-hydroxylation sites is 2. The lowest BCUT2D eigenvalue weighted by Gasteiger charge is -2.31. The van der Waals surface area contributed by atoms with Gasteiger partial charge in [0, 0.05) is 12.2 Å². The predicted molar refractivity (Wildman–Crippen MR) is 118 cm³/mol. The molecule has 1 fully saturated rings. The number of hydrogen-bond donors (Lipinski definition) is 1. The molecule has 1 aliphatic rings. The quantitative estimate of drug-likeness (QED) is 0.674. The largest absolute Gasteiger partial charge is 0.330 e. The van der Waals surface area contributed by atoms with E-state index in [1.54, 1.807) is 0 Å². The third kappa shape index (κ3) is 4.85. The summed E-state index contributed by atoms with van der Waals surface area (Å²) in [4.78, 5) is 19.2. The number of hydrogen-bond acceptors (Lipinski definition) is 3. The molecule has 0 radical (unpaired) electrons. The molecule has 0 saturated carbocycles. The zero-order chi connectivity index (χ0) is 20.2. The number of carbonyl (C=O) groups is 1. The summed E-state index contributed by atoms with van der Waals surface area (Å²) >= 11 is 0. The molecular formula is C24H30N4O. The summed E-state index contributed by atoms with van der Waals surface area (Å²) < 4.78 is 2.27. The van der Waals surface area contributed by atoms with Gasteiger partial charge in [0.05, 0.1) is 23.9 Å². The second kappa shape index (κ2) is 8.78. The molecular weight excluding hydrogens is 360 g/mol. The highest BCUT2D eigenvalue weighted by atomic mass is 16.2. The second-order valence-corrected chi connectivity index (χ2v) is 8.43. The highest BCUT2D eigenvalue weighted by Crippen LogP contribution is 2.22. The maximum atomic E-state index is 12.4. The number of benzene rings is 2. The van der Waals surface area contributed by atoms with Crippen LogP contribution in [0, 0.1) is 5.92 Å². The van der Waals surface area contributed by atoms with Crippen molar-refractivity contribution in [2.75, 3.05) is 25.0 Å². The molecule has 1 aromatic heterocycles. The van der Waals surface area contributed by atoms with Crippen molar-refractivity contribution in [1.82, 2.24) is 14.5 Å². The first kappa shape index (κ1) is 19.6. The zero-order valence-corrected chi connectivity index (χ0v) is 17.3. The number of imidazole rings is 1. The number of nitrogens with zero attached hydrogens (tertiary/aromatic N) is 3. The number of anilines is 1. The smallest absolute Gasteiger partial charge is 0.238 e. The van der Waals surface area contributed by atoms with Crippen molar-refractivity contribution in [2.24, 2.45) is 5.92 Å². The number of aromatic nitrogens is 2. The molecule has 2 heterocycles. The maximum Gasteiger partial charge on any atom is 0.238 e. The molecule has 2 aromatic carbocycles. The minimum atomic E-state index is 0.0707. The van der Waals surface area contributed by atoms with E-state index in [1.807, 2.05) is 24.5 Å². The van der Waals surface area contributed by atoms with Crippen LogP contribution in [0.5, 0.6) is 0 Å². The van der Waals surface area contributed by atoms with Gasteiger partial charge in [-0.1, -0.05) is 38.1 Å². The molecule has 0 spiro atoms. The number of amides is 1. The van der Waals surface area contributed by atoms with Gasteiger partial charge in [0.1, 0.15) is 0 Å². The summed E-state index contributed by atoms with van der Waals surface area (Å²) in [6, 6.07) is 16.5. The topological polar surface area (TPSA) is 50.2 Å². The summed E-state index contributed by atoms with van der Waals surface area (Å²) in [5.41, 5.74) is 4.43. The monoisotopic (exact) mass is 390 g/mol. The van der Waals surface area contributed by atoms with Crippen LogP contribution in [0.3, 0.4) is 0 Å². The van der Waals surface area contributed by atoms with Gasteiger partial charge in [-0.25, -0.2) is 4.98 Å². The van der Waals surface area contributed by atoms with E-state index in [0.717, 1.165) is 43.7 Å². The highest BCUT2D eigenvalue weighted by Gasteiger charge is 2.21. The molecule has 5 heteroatoms. The lowest BCUT2D eigenvalue weighted by Crippen LogP contribution is -2.39. The summed E-state index contributed by atoms with van der Waals surface area (Å²) in [7, 11) is 0. The number of piperidine rings is 1. The number of carbonyl (C=O) groups excluding carboxylic acids is 1. The van der Waals surface area contributed by atoms with E-state index in [0.29, 0.717) is 18.4 Å². The maximum absolute atomic E-state index is 12.4. The van der Waals surface area contributed by atoms with Gasteiger partial charge in [-0.05, 0) is 67.6 Å². The molecule has 1 amide bonds. The molecule has 152 valence electrons. The summed E-state index contributed by atoms with van der Waals surface area (Å²) in [6.45, 7) is 7.75. The van der Waals surface area contributed by atoms with Gasteiger partial charge < -0.3 is 9.88 Å². The van der Waals surface area contributed by atoms with Gasteiger partial charge in [0.25, 0.3) is 0 Å².